The van der Waals surface area contributed by atoms with Crippen LogP contribution in [0.25, 0.3) is 0 Å². The van der Waals surface area contributed by atoms with Gasteiger partial charge >= 0.3 is 0 Å². The molecule has 0 atom stereocenters. The molecule has 0 radical (unpaired) electrons. The molecule has 0 heterocycles. The van der Waals surface area contributed by atoms with Crippen LogP contribution in [0.1, 0.15) is 17.5 Å². The van der Waals surface area contributed by atoms with Crippen LogP contribution in [0.4, 0.5) is 0 Å². The van der Waals surface area contributed by atoms with Gasteiger partial charge in [-0.1, -0.05) is 24.3 Å². The first-order valence-electron chi connectivity index (χ1n) is 4.75. The molecular formula is C11H17NO. The Bertz CT molecular complexity index is 230. The molecule has 2 heteroatoms. The summed E-state index contributed by atoms with van der Waals surface area (Å²) in [5.41, 5.74) is 7.94. The number of rotatable bonds is 5. The van der Waals surface area contributed by atoms with E-state index in [-0.39, 0.29) is 6.61 Å². The fourth-order valence-electron chi connectivity index (χ4n) is 1.31. The SMILES string of the molecule is NCCCc1ccc(CCO)cc1. The number of aliphatic hydroxyl groups excluding tert-OH is 1. The monoisotopic (exact) mass is 179 g/mol. The van der Waals surface area contributed by atoms with Crippen molar-refractivity contribution in [1.29, 1.82) is 0 Å². The highest BCUT2D eigenvalue weighted by Crippen LogP contribution is 2.06. The van der Waals surface area contributed by atoms with Crippen LogP contribution in [-0.2, 0) is 12.8 Å². The highest BCUT2D eigenvalue weighted by Gasteiger charge is 1.93. The molecule has 0 saturated heterocycles. The van der Waals surface area contributed by atoms with Crippen LogP contribution in [0.15, 0.2) is 24.3 Å². The van der Waals surface area contributed by atoms with Crippen molar-refractivity contribution < 1.29 is 5.11 Å². The first-order chi connectivity index (χ1) is 6.36. The topological polar surface area (TPSA) is 46.2 Å². The lowest BCUT2D eigenvalue weighted by molar-refractivity contribution is 0.299. The molecule has 0 unspecified atom stereocenters. The molecule has 1 aromatic carbocycles. The van der Waals surface area contributed by atoms with E-state index in [9.17, 15) is 0 Å². The van der Waals surface area contributed by atoms with Crippen LogP contribution >= 0.6 is 0 Å². The van der Waals surface area contributed by atoms with E-state index in [1.807, 2.05) is 0 Å². The van der Waals surface area contributed by atoms with E-state index >= 15 is 0 Å². The minimum atomic E-state index is 0.224. The minimum absolute atomic E-state index is 0.224. The molecule has 3 N–H and O–H groups in total. The van der Waals surface area contributed by atoms with Crippen molar-refractivity contribution in [1.82, 2.24) is 0 Å². The third-order valence-electron chi connectivity index (χ3n) is 2.09. The molecule has 1 rings (SSSR count). The molecular weight excluding hydrogens is 162 g/mol. The average molecular weight is 179 g/mol. The van der Waals surface area contributed by atoms with E-state index in [0.717, 1.165) is 25.8 Å². The number of aliphatic hydroxyl groups is 1. The number of hydrogen-bond donors (Lipinski definition) is 2. The van der Waals surface area contributed by atoms with Crippen molar-refractivity contribution in [2.24, 2.45) is 5.73 Å². The Morgan fingerprint density at radius 3 is 2.00 bits per heavy atom. The second-order valence-electron chi connectivity index (χ2n) is 3.18. The predicted molar refractivity (Wildman–Crippen MR) is 54.6 cm³/mol. The van der Waals surface area contributed by atoms with E-state index in [0.29, 0.717) is 0 Å². The third kappa shape index (κ3) is 3.57. The van der Waals surface area contributed by atoms with Gasteiger partial charge in [0, 0.05) is 6.61 Å². The van der Waals surface area contributed by atoms with Crippen molar-refractivity contribution >= 4 is 0 Å². The van der Waals surface area contributed by atoms with Crippen LogP contribution in [0.3, 0.4) is 0 Å². The van der Waals surface area contributed by atoms with Crippen molar-refractivity contribution in [2.75, 3.05) is 13.2 Å². The smallest absolute Gasteiger partial charge is 0.0471 e. The van der Waals surface area contributed by atoms with E-state index in [1.54, 1.807) is 0 Å². The number of benzene rings is 1. The normalized spacial score (nSPS) is 10.3. The first kappa shape index (κ1) is 10.2. The summed E-state index contributed by atoms with van der Waals surface area (Å²) in [7, 11) is 0. The van der Waals surface area contributed by atoms with Gasteiger partial charge in [-0.25, -0.2) is 0 Å². The second kappa shape index (κ2) is 5.73. The van der Waals surface area contributed by atoms with Crippen LogP contribution in [0.2, 0.25) is 0 Å². The lowest BCUT2D eigenvalue weighted by Gasteiger charge is -2.01. The Balaban J connectivity index is 2.48. The first-order valence-corrected chi connectivity index (χ1v) is 4.75. The van der Waals surface area contributed by atoms with E-state index in [2.05, 4.69) is 24.3 Å². The maximum atomic E-state index is 8.71. The van der Waals surface area contributed by atoms with Gasteiger partial charge in [0.1, 0.15) is 0 Å². The predicted octanol–water partition coefficient (Wildman–Crippen LogP) is 1.11. The van der Waals surface area contributed by atoms with Gasteiger partial charge < -0.3 is 10.8 Å². The summed E-state index contributed by atoms with van der Waals surface area (Å²) < 4.78 is 0. The van der Waals surface area contributed by atoms with Gasteiger partial charge in [-0.2, -0.15) is 0 Å². The summed E-state index contributed by atoms with van der Waals surface area (Å²) in [6, 6.07) is 8.37. The van der Waals surface area contributed by atoms with Gasteiger partial charge in [0.15, 0.2) is 0 Å². The Hall–Kier alpha value is -0.860. The zero-order chi connectivity index (χ0) is 9.52. The molecule has 0 amide bonds. The highest BCUT2D eigenvalue weighted by atomic mass is 16.2. The average Bonchev–Trinajstić information content (AvgIpc) is 2.17. The molecule has 0 bridgehead atoms. The number of aryl methyl sites for hydroxylation is 1. The van der Waals surface area contributed by atoms with E-state index < -0.39 is 0 Å². The molecule has 0 aliphatic heterocycles. The summed E-state index contributed by atoms with van der Waals surface area (Å²) in [6.45, 7) is 0.973. The van der Waals surface area contributed by atoms with Gasteiger partial charge in [-0.3, -0.25) is 0 Å². The fraction of sp³-hybridized carbons (Fsp3) is 0.455. The Kier molecular flexibility index (Phi) is 4.50. The van der Waals surface area contributed by atoms with Crippen molar-refractivity contribution in [3.05, 3.63) is 35.4 Å². The standard InChI is InChI=1S/C11H17NO/c12-8-1-2-10-3-5-11(6-4-10)7-9-13/h3-6,13H,1-2,7-9,12H2. The summed E-state index contributed by atoms with van der Waals surface area (Å²) in [4.78, 5) is 0. The zero-order valence-corrected chi connectivity index (χ0v) is 7.87. The Morgan fingerprint density at radius 1 is 1.00 bits per heavy atom. The molecule has 0 aliphatic rings. The molecule has 0 aromatic heterocycles. The summed E-state index contributed by atoms with van der Waals surface area (Å²) >= 11 is 0. The van der Waals surface area contributed by atoms with Crippen LogP contribution in [0.5, 0.6) is 0 Å². The van der Waals surface area contributed by atoms with E-state index in [4.69, 9.17) is 10.8 Å². The van der Waals surface area contributed by atoms with E-state index in [1.165, 1.54) is 11.1 Å². The molecule has 0 saturated carbocycles. The lowest BCUT2D eigenvalue weighted by Crippen LogP contribution is -2.00. The van der Waals surface area contributed by atoms with Gasteiger partial charge in [0.05, 0.1) is 0 Å². The van der Waals surface area contributed by atoms with Gasteiger partial charge in [0.2, 0.25) is 0 Å². The van der Waals surface area contributed by atoms with Crippen molar-refractivity contribution in [2.45, 2.75) is 19.3 Å². The molecule has 2 nitrogen and oxygen atoms in total. The van der Waals surface area contributed by atoms with Gasteiger partial charge in [-0.15, -0.1) is 0 Å². The maximum Gasteiger partial charge on any atom is 0.0471 e. The van der Waals surface area contributed by atoms with Crippen LogP contribution in [-0.4, -0.2) is 18.3 Å². The molecule has 72 valence electrons. The molecule has 13 heavy (non-hydrogen) atoms. The minimum Gasteiger partial charge on any atom is -0.396 e. The molecule has 0 fully saturated rings. The van der Waals surface area contributed by atoms with Crippen molar-refractivity contribution in [3.8, 4) is 0 Å². The fourth-order valence-corrected chi connectivity index (χ4v) is 1.31. The summed E-state index contributed by atoms with van der Waals surface area (Å²) in [5.74, 6) is 0. The molecule has 0 aliphatic carbocycles. The molecule has 0 spiro atoms. The number of hydrogen-bond acceptors (Lipinski definition) is 2. The zero-order valence-electron chi connectivity index (χ0n) is 7.87. The summed E-state index contributed by atoms with van der Waals surface area (Å²) in [5, 5.41) is 8.71. The second-order valence-corrected chi connectivity index (χ2v) is 3.18. The quantitative estimate of drug-likeness (QED) is 0.711. The Morgan fingerprint density at radius 2 is 1.54 bits per heavy atom. The van der Waals surface area contributed by atoms with Crippen LogP contribution in [0, 0.1) is 0 Å². The largest absolute Gasteiger partial charge is 0.396 e. The Labute approximate surface area is 79.4 Å². The van der Waals surface area contributed by atoms with Gasteiger partial charge in [-0.05, 0) is 36.9 Å². The van der Waals surface area contributed by atoms with Crippen molar-refractivity contribution in [3.63, 3.8) is 0 Å². The van der Waals surface area contributed by atoms with Crippen LogP contribution < -0.4 is 5.73 Å². The van der Waals surface area contributed by atoms with Gasteiger partial charge in [0.25, 0.3) is 0 Å². The third-order valence-corrected chi connectivity index (χ3v) is 2.09. The summed E-state index contributed by atoms with van der Waals surface area (Å²) in [6.07, 6.45) is 2.84. The maximum absolute atomic E-state index is 8.71. The molecule has 1 aromatic rings. The highest BCUT2D eigenvalue weighted by molar-refractivity contribution is 5.22. The number of nitrogens with two attached hydrogens (primary N) is 1. The lowest BCUT2D eigenvalue weighted by atomic mass is 10.1.